The molecule has 0 spiro atoms. The SMILES string of the molecule is O=C1c2c(O)c(=O)ccn2N(C2c3ccc(F)c(F)c3Cn3ncc4cccc2c43)C2COCCN12. The number of amides is 1. The quantitative estimate of drug-likeness (QED) is 0.439. The van der Waals surface area contributed by atoms with Gasteiger partial charge < -0.3 is 14.7 Å². The summed E-state index contributed by atoms with van der Waals surface area (Å²) < 4.78 is 38.6. The number of carbonyl (C=O) groups excluding carboxylic acids is 1. The van der Waals surface area contributed by atoms with Gasteiger partial charge in [0.15, 0.2) is 23.1 Å². The van der Waals surface area contributed by atoms with Crippen molar-refractivity contribution in [2.24, 2.45) is 0 Å². The van der Waals surface area contributed by atoms with Gasteiger partial charge in [-0.2, -0.15) is 5.10 Å². The Morgan fingerprint density at radius 2 is 1.94 bits per heavy atom. The number of halogens is 2. The highest BCUT2D eigenvalue weighted by Crippen LogP contribution is 2.42. The minimum atomic E-state index is -0.972. The van der Waals surface area contributed by atoms with E-state index in [4.69, 9.17) is 4.74 Å². The van der Waals surface area contributed by atoms with Gasteiger partial charge in [-0.15, -0.1) is 0 Å². The third-order valence-electron chi connectivity index (χ3n) is 7.26. The van der Waals surface area contributed by atoms with Gasteiger partial charge in [0.05, 0.1) is 31.5 Å². The zero-order valence-electron chi connectivity index (χ0n) is 18.8. The first-order valence-corrected chi connectivity index (χ1v) is 11.5. The maximum Gasteiger partial charge on any atom is 0.278 e. The highest BCUT2D eigenvalue weighted by atomic mass is 19.2. The Labute approximate surface area is 202 Å². The molecule has 5 heterocycles. The van der Waals surface area contributed by atoms with Crippen molar-refractivity contribution >= 4 is 16.8 Å². The first kappa shape index (κ1) is 21.1. The number of hydrogen-bond donors (Lipinski definition) is 1. The molecule has 2 unspecified atom stereocenters. The summed E-state index contributed by atoms with van der Waals surface area (Å²) in [5.74, 6) is -3.11. The van der Waals surface area contributed by atoms with Crippen molar-refractivity contribution in [1.29, 1.82) is 0 Å². The van der Waals surface area contributed by atoms with Gasteiger partial charge in [-0.05, 0) is 11.6 Å². The fourth-order valence-electron chi connectivity index (χ4n) is 5.67. The molecule has 2 aromatic carbocycles. The molecule has 2 aromatic heterocycles. The van der Waals surface area contributed by atoms with E-state index < -0.39 is 40.9 Å². The number of fused-ring (bicyclic) bond motifs is 3. The maximum atomic E-state index is 15.3. The van der Waals surface area contributed by atoms with Crippen molar-refractivity contribution in [3.8, 4) is 5.75 Å². The molecule has 1 amide bonds. The smallest absolute Gasteiger partial charge is 0.278 e. The van der Waals surface area contributed by atoms with Crippen LogP contribution in [0, 0.1) is 11.6 Å². The van der Waals surface area contributed by atoms with Crippen LogP contribution >= 0.6 is 0 Å². The summed E-state index contributed by atoms with van der Waals surface area (Å²) in [5.41, 5.74) is 1.24. The number of carbonyl (C=O) groups is 1. The largest absolute Gasteiger partial charge is 0.502 e. The van der Waals surface area contributed by atoms with Crippen molar-refractivity contribution in [2.45, 2.75) is 18.8 Å². The lowest BCUT2D eigenvalue weighted by atomic mass is 9.92. The molecule has 3 aliphatic rings. The third kappa shape index (κ3) is 2.68. The molecule has 1 fully saturated rings. The average Bonchev–Trinajstić information content (AvgIpc) is 3.24. The number of nitrogens with zero attached hydrogens (tertiary/aromatic N) is 5. The molecule has 4 aromatic rings. The fourth-order valence-corrected chi connectivity index (χ4v) is 5.67. The normalized spacial score (nSPS) is 20.7. The Kier molecular flexibility index (Phi) is 4.32. The van der Waals surface area contributed by atoms with E-state index in [2.05, 4.69) is 5.10 Å². The zero-order valence-corrected chi connectivity index (χ0v) is 18.8. The molecule has 0 aliphatic carbocycles. The molecule has 0 saturated carbocycles. The molecular formula is C25H19F2N5O4. The molecule has 36 heavy (non-hydrogen) atoms. The number of aromatic hydroxyl groups is 1. The average molecular weight is 491 g/mol. The number of pyridine rings is 1. The predicted octanol–water partition coefficient (Wildman–Crippen LogP) is 2.08. The molecule has 182 valence electrons. The lowest BCUT2D eigenvalue weighted by Crippen LogP contribution is -2.66. The van der Waals surface area contributed by atoms with Crippen molar-refractivity contribution in [1.82, 2.24) is 19.4 Å². The van der Waals surface area contributed by atoms with Crippen LogP contribution in [-0.2, 0) is 11.3 Å². The van der Waals surface area contributed by atoms with Crippen LogP contribution in [0.4, 0.5) is 8.78 Å². The number of rotatable bonds is 1. The molecule has 0 bridgehead atoms. The summed E-state index contributed by atoms with van der Waals surface area (Å²) in [6.07, 6.45) is 2.45. The standard InChI is InChI=1S/C25H19F2N5O4/c26-17-5-4-14-16(20(17)27)11-30-21-13(10-28-30)2-1-3-15(21)22(14)32-19-12-36-9-8-29(19)25(35)23-24(34)18(33)6-7-31(23)32/h1-7,10,19,22,34H,8-9,11-12H2. The van der Waals surface area contributed by atoms with E-state index in [0.717, 1.165) is 22.5 Å². The summed E-state index contributed by atoms with van der Waals surface area (Å²) in [5, 5.41) is 17.7. The minimum Gasteiger partial charge on any atom is -0.502 e. The van der Waals surface area contributed by atoms with Crippen LogP contribution in [0.1, 0.15) is 33.2 Å². The highest BCUT2D eigenvalue weighted by molar-refractivity contribution is 5.96. The molecule has 1 N–H and O–H groups in total. The van der Waals surface area contributed by atoms with E-state index in [-0.39, 0.29) is 37.6 Å². The first-order chi connectivity index (χ1) is 17.5. The van der Waals surface area contributed by atoms with Crippen LogP contribution in [0.3, 0.4) is 0 Å². The molecular weight excluding hydrogens is 472 g/mol. The molecule has 0 radical (unpaired) electrons. The van der Waals surface area contributed by atoms with Gasteiger partial charge in [0.25, 0.3) is 5.91 Å². The van der Waals surface area contributed by atoms with E-state index in [0.29, 0.717) is 5.56 Å². The summed E-state index contributed by atoms with van der Waals surface area (Å²) in [4.78, 5) is 27.3. The van der Waals surface area contributed by atoms with E-state index in [9.17, 15) is 19.1 Å². The molecule has 1 saturated heterocycles. The lowest BCUT2D eigenvalue weighted by molar-refractivity contribution is -0.0196. The topological polar surface area (TPSA) is 92.8 Å². The number of benzene rings is 2. The van der Waals surface area contributed by atoms with Crippen molar-refractivity contribution < 1.29 is 23.4 Å². The lowest BCUT2D eigenvalue weighted by Gasteiger charge is -2.51. The highest BCUT2D eigenvalue weighted by Gasteiger charge is 2.46. The van der Waals surface area contributed by atoms with E-state index in [1.165, 1.54) is 23.0 Å². The first-order valence-electron chi connectivity index (χ1n) is 11.5. The molecule has 3 aliphatic heterocycles. The predicted molar refractivity (Wildman–Crippen MR) is 123 cm³/mol. The van der Waals surface area contributed by atoms with Crippen molar-refractivity contribution in [3.63, 3.8) is 0 Å². The van der Waals surface area contributed by atoms with Gasteiger partial charge in [-0.1, -0.05) is 24.3 Å². The van der Waals surface area contributed by atoms with Gasteiger partial charge >= 0.3 is 0 Å². The zero-order chi connectivity index (χ0) is 24.7. The van der Waals surface area contributed by atoms with Gasteiger partial charge in [0.2, 0.25) is 5.43 Å². The molecule has 7 rings (SSSR count). The Morgan fingerprint density at radius 3 is 2.81 bits per heavy atom. The Morgan fingerprint density at radius 1 is 1.08 bits per heavy atom. The third-order valence-corrected chi connectivity index (χ3v) is 7.26. The number of aromatic nitrogens is 3. The number of morpholine rings is 1. The van der Waals surface area contributed by atoms with Crippen LogP contribution in [0.15, 0.2) is 53.6 Å². The summed E-state index contributed by atoms with van der Waals surface area (Å²) in [6, 6.07) is 8.69. The minimum absolute atomic E-state index is 0.00978. The van der Waals surface area contributed by atoms with Crippen LogP contribution in [0.25, 0.3) is 10.9 Å². The van der Waals surface area contributed by atoms with Gasteiger partial charge in [-0.3, -0.25) is 24.0 Å². The van der Waals surface area contributed by atoms with E-state index in [1.807, 2.05) is 18.2 Å². The Balaban J connectivity index is 1.59. The maximum absolute atomic E-state index is 15.3. The van der Waals surface area contributed by atoms with Gasteiger partial charge in [-0.25, -0.2) is 8.78 Å². The molecule has 2 atom stereocenters. The Bertz CT molecular complexity index is 1650. The van der Waals surface area contributed by atoms with Gasteiger partial charge in [0, 0.05) is 35.3 Å². The second-order valence-corrected chi connectivity index (χ2v) is 9.07. The second-order valence-electron chi connectivity index (χ2n) is 9.07. The molecule has 9 nitrogen and oxygen atoms in total. The molecule has 11 heteroatoms. The van der Waals surface area contributed by atoms with Crippen LogP contribution < -0.4 is 10.4 Å². The van der Waals surface area contributed by atoms with Crippen molar-refractivity contribution in [3.05, 3.63) is 93.0 Å². The number of hydrogen-bond acceptors (Lipinski definition) is 6. The fraction of sp³-hybridized carbons (Fsp3) is 0.240. The summed E-state index contributed by atoms with van der Waals surface area (Å²) in [7, 11) is 0. The summed E-state index contributed by atoms with van der Waals surface area (Å²) in [6.45, 7) is 0.679. The van der Waals surface area contributed by atoms with Gasteiger partial charge in [0.1, 0.15) is 12.2 Å². The van der Waals surface area contributed by atoms with E-state index >= 15 is 4.39 Å². The van der Waals surface area contributed by atoms with Crippen LogP contribution in [0.2, 0.25) is 0 Å². The number of para-hydroxylation sites is 1. The van der Waals surface area contributed by atoms with E-state index in [1.54, 1.807) is 20.8 Å². The monoisotopic (exact) mass is 491 g/mol. The van der Waals surface area contributed by atoms with Crippen LogP contribution in [0.5, 0.6) is 5.75 Å². The summed E-state index contributed by atoms with van der Waals surface area (Å²) >= 11 is 0. The van der Waals surface area contributed by atoms with Crippen molar-refractivity contribution in [2.75, 3.05) is 24.8 Å². The number of ether oxygens (including phenoxy) is 1. The Hall–Kier alpha value is -4.25. The van der Waals surface area contributed by atoms with Crippen LogP contribution in [-0.4, -0.2) is 56.3 Å². The second kappa shape index (κ2) is 7.37.